The van der Waals surface area contributed by atoms with Crippen LogP contribution in [0.15, 0.2) is 51.7 Å². The molecule has 5 heteroatoms. The highest BCUT2D eigenvalue weighted by atomic mass is 16.5. The van der Waals surface area contributed by atoms with Crippen LogP contribution in [0.4, 0.5) is 0 Å². The number of benzene rings is 2. The number of hydrogen-bond donors (Lipinski definition) is 1. The molecule has 0 saturated carbocycles. The first-order chi connectivity index (χ1) is 11.5. The molecular weight excluding hydrogens is 306 g/mol. The van der Waals surface area contributed by atoms with Gasteiger partial charge in [-0.2, -0.15) is 0 Å². The van der Waals surface area contributed by atoms with Crippen LogP contribution in [0.2, 0.25) is 0 Å². The van der Waals surface area contributed by atoms with E-state index in [9.17, 15) is 9.59 Å². The summed E-state index contributed by atoms with van der Waals surface area (Å²) >= 11 is 0. The van der Waals surface area contributed by atoms with Crippen LogP contribution in [0.5, 0.6) is 5.75 Å². The number of aryl methyl sites for hydroxylation is 2. The highest BCUT2D eigenvalue weighted by molar-refractivity contribution is 5.95. The van der Waals surface area contributed by atoms with Crippen molar-refractivity contribution < 1.29 is 13.9 Å². The van der Waals surface area contributed by atoms with E-state index in [0.717, 1.165) is 16.5 Å². The Morgan fingerprint density at radius 1 is 1.17 bits per heavy atom. The zero-order valence-electron chi connectivity index (χ0n) is 13.5. The van der Waals surface area contributed by atoms with Crippen molar-refractivity contribution in [3.8, 4) is 5.75 Å². The molecule has 5 nitrogen and oxygen atoms in total. The van der Waals surface area contributed by atoms with Gasteiger partial charge in [0.1, 0.15) is 17.9 Å². The van der Waals surface area contributed by atoms with Gasteiger partial charge >= 0.3 is 5.63 Å². The fourth-order valence-corrected chi connectivity index (χ4v) is 2.60. The van der Waals surface area contributed by atoms with E-state index in [2.05, 4.69) is 0 Å². The Bertz CT molecular complexity index is 988. The predicted molar refractivity (Wildman–Crippen MR) is 91.2 cm³/mol. The molecular formula is C19H17NO4. The van der Waals surface area contributed by atoms with Gasteiger partial charge in [0.25, 0.3) is 5.91 Å². The number of carbonyl (C=O) groups excluding carboxylic acids is 1. The third-order valence-electron chi connectivity index (χ3n) is 4.05. The molecule has 3 rings (SSSR count). The predicted octanol–water partition coefficient (Wildman–Crippen LogP) is 3.09. The van der Waals surface area contributed by atoms with Crippen molar-refractivity contribution >= 4 is 16.9 Å². The summed E-state index contributed by atoms with van der Waals surface area (Å²) in [5.74, 6) is -0.176. The first-order valence-corrected chi connectivity index (χ1v) is 7.52. The highest BCUT2D eigenvalue weighted by Crippen LogP contribution is 2.25. The van der Waals surface area contributed by atoms with Gasteiger partial charge < -0.3 is 14.9 Å². The van der Waals surface area contributed by atoms with E-state index < -0.39 is 11.5 Å². The molecule has 24 heavy (non-hydrogen) atoms. The lowest BCUT2D eigenvalue weighted by Gasteiger charge is -2.12. The number of hydrogen-bond acceptors (Lipinski definition) is 4. The number of ether oxygens (including phenoxy) is 1. The van der Waals surface area contributed by atoms with E-state index in [-0.39, 0.29) is 6.61 Å². The summed E-state index contributed by atoms with van der Waals surface area (Å²) in [6.07, 6.45) is 0. The van der Waals surface area contributed by atoms with Gasteiger partial charge in [-0.15, -0.1) is 0 Å². The highest BCUT2D eigenvalue weighted by Gasteiger charge is 2.12. The van der Waals surface area contributed by atoms with Crippen LogP contribution in [0.3, 0.4) is 0 Å². The normalized spacial score (nSPS) is 10.8. The second-order valence-corrected chi connectivity index (χ2v) is 5.62. The van der Waals surface area contributed by atoms with Crippen molar-refractivity contribution in [1.29, 1.82) is 0 Å². The van der Waals surface area contributed by atoms with Gasteiger partial charge in [-0.25, -0.2) is 4.79 Å². The first kappa shape index (κ1) is 15.8. The molecule has 0 atom stereocenters. The Hall–Kier alpha value is -3.08. The lowest BCUT2D eigenvalue weighted by molar-refractivity contribution is 0.0996. The van der Waals surface area contributed by atoms with Crippen LogP contribution in [-0.4, -0.2) is 5.91 Å². The van der Waals surface area contributed by atoms with Gasteiger partial charge in [-0.1, -0.05) is 24.3 Å². The fourth-order valence-electron chi connectivity index (χ4n) is 2.60. The molecule has 3 aromatic rings. The third kappa shape index (κ3) is 2.88. The number of rotatable bonds is 4. The fraction of sp³-hybridized carbons (Fsp3) is 0.158. The van der Waals surface area contributed by atoms with Gasteiger partial charge in [-0.05, 0) is 37.1 Å². The van der Waals surface area contributed by atoms with Gasteiger partial charge in [0.15, 0.2) is 0 Å². The molecule has 2 aromatic carbocycles. The number of primary amides is 1. The van der Waals surface area contributed by atoms with E-state index >= 15 is 0 Å². The second kappa shape index (κ2) is 6.20. The molecule has 122 valence electrons. The number of para-hydroxylation sites is 1. The molecule has 2 N–H and O–H groups in total. The minimum Gasteiger partial charge on any atom is -0.488 e. The molecule has 0 bridgehead atoms. The molecule has 1 aromatic heterocycles. The molecule has 0 saturated heterocycles. The molecule has 0 radical (unpaired) electrons. The average Bonchev–Trinajstić information content (AvgIpc) is 2.56. The maximum atomic E-state index is 11.9. The summed E-state index contributed by atoms with van der Waals surface area (Å²) in [4.78, 5) is 23.3. The Balaban J connectivity index is 2.01. The Kier molecular flexibility index (Phi) is 4.08. The van der Waals surface area contributed by atoms with E-state index in [0.29, 0.717) is 22.5 Å². The lowest BCUT2D eigenvalue weighted by atomic mass is 10.0. The summed E-state index contributed by atoms with van der Waals surface area (Å²) in [6, 6.07) is 12.0. The van der Waals surface area contributed by atoms with Crippen LogP contribution in [0.1, 0.15) is 27.0 Å². The first-order valence-electron chi connectivity index (χ1n) is 7.52. The van der Waals surface area contributed by atoms with E-state index in [1.54, 1.807) is 24.3 Å². The molecule has 0 aliphatic carbocycles. The van der Waals surface area contributed by atoms with E-state index in [1.165, 1.54) is 6.07 Å². The Morgan fingerprint density at radius 3 is 2.67 bits per heavy atom. The van der Waals surface area contributed by atoms with Crippen LogP contribution in [0.25, 0.3) is 11.0 Å². The third-order valence-corrected chi connectivity index (χ3v) is 4.05. The van der Waals surface area contributed by atoms with Crippen molar-refractivity contribution in [2.24, 2.45) is 5.73 Å². The van der Waals surface area contributed by atoms with Crippen molar-refractivity contribution in [1.82, 2.24) is 0 Å². The SMILES string of the molecule is Cc1ccc2c(COc3ccccc3C(N)=O)cc(=O)oc2c1C. The van der Waals surface area contributed by atoms with Crippen molar-refractivity contribution in [3.63, 3.8) is 0 Å². The zero-order chi connectivity index (χ0) is 17.3. The molecule has 0 fully saturated rings. The largest absolute Gasteiger partial charge is 0.488 e. The number of carbonyl (C=O) groups is 1. The van der Waals surface area contributed by atoms with Crippen molar-refractivity contribution in [2.45, 2.75) is 20.5 Å². The Labute approximate surface area is 138 Å². The molecule has 1 amide bonds. The monoisotopic (exact) mass is 323 g/mol. The summed E-state index contributed by atoms with van der Waals surface area (Å²) in [7, 11) is 0. The van der Waals surface area contributed by atoms with Crippen LogP contribution in [-0.2, 0) is 6.61 Å². The number of nitrogens with two attached hydrogens (primary N) is 1. The van der Waals surface area contributed by atoms with E-state index in [4.69, 9.17) is 14.9 Å². The maximum Gasteiger partial charge on any atom is 0.336 e. The lowest BCUT2D eigenvalue weighted by Crippen LogP contribution is -2.13. The standard InChI is InChI=1S/C19H17NO4/c1-11-7-8-14-13(9-17(21)24-18(14)12(11)2)10-23-16-6-4-3-5-15(16)19(20)22/h3-9H,10H2,1-2H3,(H2,20,22). The van der Waals surface area contributed by atoms with Gasteiger partial charge in [0.05, 0.1) is 5.56 Å². The average molecular weight is 323 g/mol. The molecule has 0 aliphatic rings. The van der Waals surface area contributed by atoms with Crippen molar-refractivity contribution in [3.05, 3.63) is 75.1 Å². The molecule has 0 aliphatic heterocycles. The summed E-state index contributed by atoms with van der Waals surface area (Å²) < 4.78 is 11.1. The van der Waals surface area contributed by atoms with Gasteiger partial charge in [0.2, 0.25) is 0 Å². The molecule has 0 unspecified atom stereocenters. The second-order valence-electron chi connectivity index (χ2n) is 5.62. The number of fused-ring (bicyclic) bond motifs is 1. The molecule has 0 spiro atoms. The minimum atomic E-state index is -0.561. The van der Waals surface area contributed by atoms with Crippen molar-refractivity contribution in [2.75, 3.05) is 0 Å². The summed E-state index contributed by atoms with van der Waals surface area (Å²) in [6.45, 7) is 4.00. The van der Waals surface area contributed by atoms with Crippen LogP contribution < -0.4 is 16.1 Å². The summed E-state index contributed by atoms with van der Waals surface area (Å²) in [5, 5.41) is 0.814. The number of amides is 1. The summed E-state index contributed by atoms with van der Waals surface area (Å²) in [5.41, 5.74) is 8.44. The minimum absolute atomic E-state index is 0.134. The maximum absolute atomic E-state index is 11.9. The molecule has 1 heterocycles. The van der Waals surface area contributed by atoms with Crippen LogP contribution >= 0.6 is 0 Å². The topological polar surface area (TPSA) is 82.5 Å². The Morgan fingerprint density at radius 2 is 1.92 bits per heavy atom. The van der Waals surface area contributed by atoms with Gasteiger partial charge in [0, 0.05) is 17.0 Å². The zero-order valence-corrected chi connectivity index (χ0v) is 13.5. The van der Waals surface area contributed by atoms with Crippen LogP contribution in [0, 0.1) is 13.8 Å². The van der Waals surface area contributed by atoms with Gasteiger partial charge in [-0.3, -0.25) is 4.79 Å². The quantitative estimate of drug-likeness (QED) is 0.748. The van der Waals surface area contributed by atoms with E-state index in [1.807, 2.05) is 26.0 Å². The smallest absolute Gasteiger partial charge is 0.336 e.